The summed E-state index contributed by atoms with van der Waals surface area (Å²) in [6.07, 6.45) is 1.89. The maximum atomic E-state index is 5.17. The van der Waals surface area contributed by atoms with Gasteiger partial charge in [0.25, 0.3) is 0 Å². The van der Waals surface area contributed by atoms with Crippen molar-refractivity contribution in [2.24, 2.45) is 4.99 Å². The summed E-state index contributed by atoms with van der Waals surface area (Å²) in [5.74, 6) is 0. The van der Waals surface area contributed by atoms with Gasteiger partial charge in [-0.15, -0.1) is 0 Å². The number of hydrogen-bond acceptors (Lipinski definition) is 4. The van der Waals surface area contributed by atoms with Gasteiger partial charge in [0.15, 0.2) is 0 Å². The van der Waals surface area contributed by atoms with Crippen LogP contribution in [0.15, 0.2) is 35.3 Å². The molecule has 0 fully saturated rings. The molecule has 2 rings (SSSR count). The number of benzene rings is 1. The van der Waals surface area contributed by atoms with Gasteiger partial charge in [0, 0.05) is 6.21 Å². The molecule has 4 heteroatoms. The van der Waals surface area contributed by atoms with Crippen LogP contribution in [0.3, 0.4) is 0 Å². The average molecular weight is 251 g/mol. The van der Waals surface area contributed by atoms with Crippen LogP contribution < -0.4 is 0 Å². The van der Waals surface area contributed by atoms with Gasteiger partial charge in [-0.2, -0.15) is 0 Å². The minimum atomic E-state index is 0.967. The van der Waals surface area contributed by atoms with Crippen LogP contribution in [0, 0.1) is 10.7 Å². The first-order chi connectivity index (χ1) is 7.27. The summed E-state index contributed by atoms with van der Waals surface area (Å²) in [7, 11) is 3.31. The van der Waals surface area contributed by atoms with Crippen molar-refractivity contribution in [1.29, 1.82) is 0 Å². The summed E-state index contributed by atoms with van der Waals surface area (Å²) < 4.78 is 0.967. The highest BCUT2D eigenvalue weighted by molar-refractivity contribution is 7.79. The summed E-state index contributed by atoms with van der Waals surface area (Å²) in [5.41, 5.74) is 2.14. The molecule has 0 amide bonds. The first-order valence-electron chi connectivity index (χ1n) is 4.46. The van der Waals surface area contributed by atoms with Crippen LogP contribution in [-0.4, -0.2) is 6.21 Å². The Morgan fingerprint density at radius 3 is 2.53 bits per heavy atom. The predicted molar refractivity (Wildman–Crippen MR) is 71.5 cm³/mol. The smallest absolute Gasteiger partial charge is 0.105 e. The fourth-order valence-corrected chi connectivity index (χ4v) is 3.72. The normalized spacial score (nSPS) is 11.0. The predicted octanol–water partition coefficient (Wildman–Crippen LogP) is 4.60. The lowest BCUT2D eigenvalue weighted by Crippen LogP contribution is -1.77. The first-order valence-corrected chi connectivity index (χ1v) is 7.02. The molecule has 76 valence electrons. The van der Waals surface area contributed by atoms with Crippen LogP contribution in [-0.2, 0) is 0 Å². The van der Waals surface area contributed by atoms with Crippen LogP contribution in [0.25, 0.3) is 0 Å². The van der Waals surface area contributed by atoms with Crippen LogP contribution in [0.4, 0.5) is 5.69 Å². The quantitative estimate of drug-likeness (QED) is 0.432. The molecule has 1 heterocycles. The molecule has 0 aliphatic carbocycles. The van der Waals surface area contributed by atoms with Crippen molar-refractivity contribution in [3.05, 3.63) is 44.6 Å². The van der Waals surface area contributed by atoms with E-state index in [0.717, 1.165) is 14.4 Å². The fourth-order valence-electron chi connectivity index (χ4n) is 1.07. The van der Waals surface area contributed by atoms with Crippen molar-refractivity contribution in [1.82, 2.24) is 0 Å². The molecular weight excluding hydrogens is 242 g/mol. The van der Waals surface area contributed by atoms with Gasteiger partial charge in [0.05, 0.1) is 10.6 Å². The number of hydrogen-bond donors (Lipinski definition) is 0. The van der Waals surface area contributed by atoms with Gasteiger partial charge in [-0.25, -0.2) is 0 Å². The maximum absolute atomic E-state index is 5.17. The molecule has 0 saturated carbocycles. The Morgan fingerprint density at radius 1 is 1.20 bits per heavy atom. The largest absolute Gasteiger partial charge is 0.255 e. The molecule has 1 aromatic heterocycles. The molecule has 0 N–H and O–H groups in total. The fraction of sp³-hybridized carbons (Fsp3) is 0.0909. The summed E-state index contributed by atoms with van der Waals surface area (Å²) in [6, 6.07) is 9.91. The lowest BCUT2D eigenvalue weighted by atomic mass is 10.3. The van der Waals surface area contributed by atoms with E-state index in [1.165, 1.54) is 5.56 Å². The molecule has 0 atom stereocenters. The first kappa shape index (κ1) is 10.7. The summed E-state index contributed by atoms with van der Waals surface area (Å²) >= 11 is 5.17. The van der Waals surface area contributed by atoms with Gasteiger partial charge < -0.3 is 0 Å². The van der Waals surface area contributed by atoms with Crippen molar-refractivity contribution in [2.75, 3.05) is 0 Å². The summed E-state index contributed by atoms with van der Waals surface area (Å²) in [6.45, 7) is 2.04. The lowest BCUT2D eigenvalue weighted by molar-refractivity contribution is 1.51. The summed E-state index contributed by atoms with van der Waals surface area (Å²) in [4.78, 5) is 5.56. The molecule has 2 aromatic rings. The van der Waals surface area contributed by atoms with Gasteiger partial charge in [-0.1, -0.05) is 51.1 Å². The molecule has 15 heavy (non-hydrogen) atoms. The van der Waals surface area contributed by atoms with Gasteiger partial charge in [-0.3, -0.25) is 4.99 Å². The monoisotopic (exact) mass is 251 g/mol. The molecular formula is C11H9NS3. The highest BCUT2D eigenvalue weighted by atomic mass is 32.9. The molecule has 0 aliphatic heterocycles. The Labute approximate surface area is 101 Å². The van der Waals surface area contributed by atoms with Crippen molar-refractivity contribution in [3.63, 3.8) is 0 Å². The second-order valence-corrected chi connectivity index (χ2v) is 5.89. The number of nitrogens with zero attached hydrogens (tertiary/aromatic N) is 1. The molecule has 0 saturated heterocycles. The van der Waals surface area contributed by atoms with E-state index < -0.39 is 0 Å². The van der Waals surface area contributed by atoms with E-state index in [4.69, 9.17) is 12.2 Å². The molecule has 0 unspecified atom stereocenters. The van der Waals surface area contributed by atoms with Gasteiger partial charge in [0.2, 0.25) is 0 Å². The third-order valence-electron chi connectivity index (χ3n) is 1.97. The van der Waals surface area contributed by atoms with E-state index in [2.05, 4.69) is 4.99 Å². The maximum Gasteiger partial charge on any atom is 0.105 e. The molecule has 1 aromatic carbocycles. The lowest BCUT2D eigenvalue weighted by Gasteiger charge is -1.91. The summed E-state index contributed by atoms with van der Waals surface area (Å²) in [5, 5.41) is 0. The third kappa shape index (κ3) is 2.59. The van der Waals surface area contributed by atoms with Crippen molar-refractivity contribution in [2.45, 2.75) is 6.92 Å². The molecule has 0 aliphatic rings. The topological polar surface area (TPSA) is 12.4 Å². The zero-order valence-electron chi connectivity index (χ0n) is 8.14. The van der Waals surface area contributed by atoms with Gasteiger partial charge in [-0.05, 0) is 24.6 Å². The Kier molecular flexibility index (Phi) is 3.41. The molecule has 0 spiro atoms. The van der Waals surface area contributed by atoms with E-state index in [1.807, 2.05) is 43.5 Å². The van der Waals surface area contributed by atoms with E-state index in [-0.39, 0.29) is 0 Å². The molecule has 1 nitrogen and oxygen atoms in total. The van der Waals surface area contributed by atoms with Crippen LogP contribution in [0.1, 0.15) is 10.4 Å². The van der Waals surface area contributed by atoms with E-state index in [1.54, 1.807) is 20.7 Å². The number of para-hydroxylation sites is 1. The van der Waals surface area contributed by atoms with E-state index in [9.17, 15) is 0 Å². The highest BCUT2D eigenvalue weighted by Crippen LogP contribution is 2.22. The minimum Gasteiger partial charge on any atom is -0.255 e. The standard InChI is InChI=1S/C11H9NS3/c1-8-10(14-15-11(8)13)7-12-9-5-3-2-4-6-9/h2-7H,1H3. The van der Waals surface area contributed by atoms with E-state index in [0.29, 0.717) is 0 Å². The Morgan fingerprint density at radius 2 is 1.93 bits per heavy atom. The molecule has 0 radical (unpaired) electrons. The second kappa shape index (κ2) is 4.79. The number of aliphatic imine (C=N–C) groups is 1. The van der Waals surface area contributed by atoms with Crippen LogP contribution in [0.2, 0.25) is 0 Å². The zero-order valence-corrected chi connectivity index (χ0v) is 10.6. The van der Waals surface area contributed by atoms with E-state index >= 15 is 0 Å². The Bertz CT molecular complexity index is 522. The highest BCUT2D eigenvalue weighted by Gasteiger charge is 1.99. The van der Waals surface area contributed by atoms with Crippen molar-refractivity contribution in [3.8, 4) is 0 Å². The number of rotatable bonds is 2. The van der Waals surface area contributed by atoms with Crippen LogP contribution in [0.5, 0.6) is 0 Å². The van der Waals surface area contributed by atoms with Crippen LogP contribution >= 0.6 is 32.9 Å². The average Bonchev–Trinajstić information content (AvgIpc) is 2.59. The minimum absolute atomic E-state index is 0.967. The second-order valence-electron chi connectivity index (χ2n) is 3.04. The van der Waals surface area contributed by atoms with Crippen molar-refractivity contribution < 1.29 is 0 Å². The van der Waals surface area contributed by atoms with Gasteiger partial charge in [0.1, 0.15) is 3.82 Å². The SMILES string of the molecule is Cc1c(C=Nc2ccccc2)ssc1=S. The zero-order chi connectivity index (χ0) is 10.7. The third-order valence-corrected chi connectivity index (χ3v) is 5.26. The molecule has 0 bridgehead atoms. The Balaban J connectivity index is 2.26. The van der Waals surface area contributed by atoms with Gasteiger partial charge >= 0.3 is 0 Å². The Hall–Kier alpha value is -0.840. The van der Waals surface area contributed by atoms with Crippen molar-refractivity contribution >= 4 is 44.8 Å².